The van der Waals surface area contributed by atoms with Gasteiger partial charge in [-0.3, -0.25) is 0 Å². The molecule has 76 valence electrons. The van der Waals surface area contributed by atoms with Gasteiger partial charge in [-0.2, -0.15) is 0 Å². The summed E-state index contributed by atoms with van der Waals surface area (Å²) in [6, 6.07) is 0. The molecular formula is C10H21N2P. The number of aromatic nitrogens is 2. The van der Waals surface area contributed by atoms with Crippen LogP contribution in [-0.2, 0) is 0 Å². The minimum atomic E-state index is -1.66. The van der Waals surface area contributed by atoms with Gasteiger partial charge in [0.15, 0.2) is 0 Å². The first-order valence-electron chi connectivity index (χ1n) is 5.08. The average Bonchev–Trinajstić information content (AvgIpc) is 2.71. The third-order valence-electron chi connectivity index (χ3n) is 3.93. The zero-order valence-corrected chi connectivity index (χ0v) is 10.1. The molecule has 0 aliphatic rings. The molecule has 1 heterocycles. The number of nitrogens with zero attached hydrogens (tertiary/aromatic N) is 2. The Morgan fingerprint density at radius 2 is 1.69 bits per heavy atom. The van der Waals surface area contributed by atoms with Crippen molar-refractivity contribution in [1.29, 1.82) is 0 Å². The van der Waals surface area contributed by atoms with Crippen molar-refractivity contribution in [2.45, 2.75) is 20.8 Å². The van der Waals surface area contributed by atoms with Gasteiger partial charge in [0.2, 0.25) is 0 Å². The van der Waals surface area contributed by atoms with Crippen molar-refractivity contribution in [1.82, 2.24) is 9.32 Å². The Bertz CT molecular complexity index is 251. The fraction of sp³-hybridized carbons (Fsp3) is 0.700. The maximum atomic E-state index is 4.17. The molecule has 0 aliphatic carbocycles. The fourth-order valence-electron chi connectivity index (χ4n) is 1.78. The Labute approximate surface area is 81.4 Å². The number of imidazole rings is 1. The van der Waals surface area contributed by atoms with Crippen LogP contribution in [0.4, 0.5) is 0 Å². The molecule has 0 amide bonds. The molecular weight excluding hydrogens is 179 g/mol. The monoisotopic (exact) mass is 200 g/mol. The summed E-state index contributed by atoms with van der Waals surface area (Å²) < 4.78 is 2.39. The van der Waals surface area contributed by atoms with Gasteiger partial charge in [0.1, 0.15) is 0 Å². The minimum absolute atomic E-state index is 1.27. The molecule has 0 atom stereocenters. The molecule has 0 aromatic carbocycles. The molecule has 1 aromatic rings. The van der Waals surface area contributed by atoms with E-state index >= 15 is 0 Å². The van der Waals surface area contributed by atoms with E-state index in [2.05, 4.69) is 43.0 Å². The van der Waals surface area contributed by atoms with E-state index in [0.717, 1.165) is 0 Å². The van der Waals surface area contributed by atoms with Crippen molar-refractivity contribution in [3.8, 4) is 0 Å². The van der Waals surface area contributed by atoms with Crippen molar-refractivity contribution < 1.29 is 0 Å². The molecule has 1 aromatic heterocycles. The quantitative estimate of drug-likeness (QED) is 0.683. The first-order chi connectivity index (χ1) is 6.09. The van der Waals surface area contributed by atoms with Crippen LogP contribution in [0.1, 0.15) is 20.8 Å². The molecule has 1 rings (SSSR count). The summed E-state index contributed by atoms with van der Waals surface area (Å²) in [4.78, 5) is 4.17. The van der Waals surface area contributed by atoms with Gasteiger partial charge >= 0.3 is 80.7 Å². The number of hydrogen-bond acceptors (Lipinski definition) is 1. The van der Waals surface area contributed by atoms with Gasteiger partial charge in [-0.15, -0.1) is 0 Å². The molecule has 3 heteroatoms. The van der Waals surface area contributed by atoms with E-state index in [1.165, 1.54) is 18.5 Å². The SMILES string of the molecule is CCP(C)(CC)(CC)n1ccnc1. The van der Waals surface area contributed by atoms with E-state index in [1.54, 1.807) is 0 Å². The molecule has 0 saturated heterocycles. The van der Waals surface area contributed by atoms with E-state index in [9.17, 15) is 0 Å². The van der Waals surface area contributed by atoms with E-state index < -0.39 is 6.75 Å². The van der Waals surface area contributed by atoms with Gasteiger partial charge < -0.3 is 0 Å². The van der Waals surface area contributed by atoms with Crippen molar-refractivity contribution in [2.24, 2.45) is 0 Å². The number of hydrogen-bond donors (Lipinski definition) is 0. The van der Waals surface area contributed by atoms with E-state index in [4.69, 9.17) is 0 Å². The van der Waals surface area contributed by atoms with Crippen molar-refractivity contribution in [2.75, 3.05) is 25.2 Å². The van der Waals surface area contributed by atoms with Gasteiger partial charge in [0, 0.05) is 0 Å². The van der Waals surface area contributed by atoms with Gasteiger partial charge in [-0.1, -0.05) is 0 Å². The zero-order valence-electron chi connectivity index (χ0n) is 9.20. The Kier molecular flexibility index (Phi) is 2.82. The van der Waals surface area contributed by atoms with Crippen molar-refractivity contribution >= 4 is 6.75 Å². The second-order valence-electron chi connectivity index (χ2n) is 4.14. The molecule has 0 unspecified atom stereocenters. The summed E-state index contributed by atoms with van der Waals surface area (Å²) in [6.07, 6.45) is 9.84. The van der Waals surface area contributed by atoms with Crippen LogP contribution < -0.4 is 0 Å². The second-order valence-corrected chi connectivity index (χ2v) is 11.0. The molecule has 0 N–H and O–H groups in total. The topological polar surface area (TPSA) is 17.8 Å². The van der Waals surface area contributed by atoms with Crippen LogP contribution in [-0.4, -0.2) is 34.5 Å². The molecule has 0 aliphatic heterocycles. The van der Waals surface area contributed by atoms with Gasteiger partial charge in [-0.05, 0) is 0 Å². The van der Waals surface area contributed by atoms with E-state index in [1.807, 2.05) is 12.5 Å². The normalized spacial score (nSPS) is 15.2. The van der Waals surface area contributed by atoms with E-state index in [-0.39, 0.29) is 0 Å². The van der Waals surface area contributed by atoms with Crippen molar-refractivity contribution in [3.63, 3.8) is 0 Å². The number of rotatable bonds is 4. The van der Waals surface area contributed by atoms with Crippen LogP contribution in [0.25, 0.3) is 0 Å². The molecule has 0 saturated carbocycles. The summed E-state index contributed by atoms with van der Waals surface area (Å²) >= 11 is 0. The summed E-state index contributed by atoms with van der Waals surface area (Å²) in [5.74, 6) is 0. The first kappa shape index (κ1) is 10.7. The summed E-state index contributed by atoms with van der Waals surface area (Å²) in [5, 5.41) is 0. The average molecular weight is 200 g/mol. The van der Waals surface area contributed by atoms with Gasteiger partial charge in [0.25, 0.3) is 0 Å². The fourth-order valence-corrected chi connectivity index (χ4v) is 4.96. The second kappa shape index (κ2) is 3.42. The first-order valence-corrected chi connectivity index (χ1v) is 8.28. The molecule has 0 bridgehead atoms. The van der Waals surface area contributed by atoms with Crippen LogP contribution in [0.15, 0.2) is 18.7 Å². The van der Waals surface area contributed by atoms with Crippen LogP contribution in [0.5, 0.6) is 0 Å². The maximum absolute atomic E-state index is 4.17. The predicted octanol–water partition coefficient (Wildman–Crippen LogP) is 2.89. The van der Waals surface area contributed by atoms with Crippen LogP contribution in [0, 0.1) is 0 Å². The van der Waals surface area contributed by atoms with Crippen LogP contribution in [0.3, 0.4) is 0 Å². The van der Waals surface area contributed by atoms with Crippen molar-refractivity contribution in [3.05, 3.63) is 18.7 Å². The summed E-state index contributed by atoms with van der Waals surface area (Å²) in [7, 11) is 0. The van der Waals surface area contributed by atoms with Crippen LogP contribution in [0.2, 0.25) is 0 Å². The zero-order chi connectivity index (χ0) is 9.97. The Hall–Kier alpha value is -0.360. The predicted molar refractivity (Wildman–Crippen MR) is 62.1 cm³/mol. The van der Waals surface area contributed by atoms with Gasteiger partial charge in [0.05, 0.1) is 0 Å². The molecule has 2 nitrogen and oxygen atoms in total. The molecule has 0 fully saturated rings. The van der Waals surface area contributed by atoms with Gasteiger partial charge in [-0.25, -0.2) is 0 Å². The third kappa shape index (κ3) is 1.52. The van der Waals surface area contributed by atoms with Crippen LogP contribution >= 0.6 is 6.75 Å². The molecule has 0 radical (unpaired) electrons. The Morgan fingerprint density at radius 1 is 1.15 bits per heavy atom. The molecule has 0 spiro atoms. The summed E-state index contributed by atoms with van der Waals surface area (Å²) in [5.41, 5.74) is 0. The molecule has 13 heavy (non-hydrogen) atoms. The Balaban J connectivity index is 3.19. The van der Waals surface area contributed by atoms with E-state index in [0.29, 0.717) is 0 Å². The standard InChI is InChI=1S/C10H21N2P/c1-5-13(4,6-2,7-3)12-9-8-11-10-12/h8-10H,5-7H2,1-4H3. The summed E-state index contributed by atoms with van der Waals surface area (Å²) in [6.45, 7) is 7.74. The Morgan fingerprint density at radius 3 is 2.00 bits per heavy atom. The third-order valence-corrected chi connectivity index (χ3v) is 11.0.